The second-order valence-corrected chi connectivity index (χ2v) is 8.37. The Hall–Kier alpha value is -2.13. The summed E-state index contributed by atoms with van der Waals surface area (Å²) in [6, 6.07) is 7.46. The van der Waals surface area contributed by atoms with Crippen molar-refractivity contribution < 1.29 is 18.0 Å². The third-order valence-electron chi connectivity index (χ3n) is 4.24. The number of hydrogen-bond acceptors (Lipinski definition) is 5. The number of piperazine rings is 1. The van der Waals surface area contributed by atoms with E-state index in [0.717, 1.165) is 5.69 Å². The Bertz CT molecular complexity index is 726. The van der Waals surface area contributed by atoms with Gasteiger partial charge in [-0.15, -0.1) is 0 Å². The average Bonchev–Trinajstić information content (AvgIpc) is 2.62. The fraction of sp³-hybridized carbons (Fsp3) is 0.529. The topological polar surface area (TPSA) is 98.8 Å². The van der Waals surface area contributed by atoms with E-state index < -0.39 is 10.0 Å². The van der Waals surface area contributed by atoms with Crippen molar-refractivity contribution in [2.24, 2.45) is 0 Å². The lowest BCUT2D eigenvalue weighted by Crippen LogP contribution is -2.49. The highest BCUT2D eigenvalue weighted by Crippen LogP contribution is 2.20. The summed E-state index contributed by atoms with van der Waals surface area (Å²) < 4.78 is 25.3. The summed E-state index contributed by atoms with van der Waals surface area (Å²) in [5.74, 6) is -0.192. The normalized spacial score (nSPS) is 15.5. The van der Waals surface area contributed by atoms with Crippen molar-refractivity contribution in [1.29, 1.82) is 0 Å². The van der Waals surface area contributed by atoms with Crippen molar-refractivity contribution in [1.82, 2.24) is 9.62 Å². The summed E-state index contributed by atoms with van der Waals surface area (Å²) in [6.45, 7) is 5.63. The maximum atomic E-state index is 11.9. The molecule has 0 unspecified atom stereocenters. The largest absolute Gasteiger partial charge is 0.369 e. The van der Waals surface area contributed by atoms with Gasteiger partial charge in [-0.05, 0) is 31.2 Å². The predicted octanol–water partition coefficient (Wildman–Crippen LogP) is 0.623. The van der Waals surface area contributed by atoms with E-state index in [1.165, 1.54) is 11.2 Å². The van der Waals surface area contributed by atoms with Gasteiger partial charge < -0.3 is 15.5 Å². The molecule has 26 heavy (non-hydrogen) atoms. The molecule has 0 bridgehead atoms. The van der Waals surface area contributed by atoms with Crippen LogP contribution in [-0.4, -0.2) is 63.0 Å². The van der Waals surface area contributed by atoms with Gasteiger partial charge in [0, 0.05) is 57.4 Å². The number of nitrogens with one attached hydrogen (secondary N) is 2. The SMILES string of the molecule is CCS(=O)(=O)N1CCN(c2ccc(NC(=O)CCNC(C)=O)cc2)CC1. The van der Waals surface area contributed by atoms with Crippen LogP contribution in [0.3, 0.4) is 0 Å². The van der Waals surface area contributed by atoms with Gasteiger partial charge in [0.1, 0.15) is 0 Å². The summed E-state index contributed by atoms with van der Waals surface area (Å²) in [5.41, 5.74) is 1.68. The van der Waals surface area contributed by atoms with E-state index in [0.29, 0.717) is 38.4 Å². The summed E-state index contributed by atoms with van der Waals surface area (Å²) in [7, 11) is -3.13. The molecular weight excluding hydrogens is 356 g/mol. The Kier molecular flexibility index (Phi) is 6.98. The van der Waals surface area contributed by atoms with Crippen molar-refractivity contribution in [3.8, 4) is 0 Å². The van der Waals surface area contributed by atoms with E-state index in [-0.39, 0.29) is 24.0 Å². The average molecular weight is 382 g/mol. The second-order valence-electron chi connectivity index (χ2n) is 6.11. The van der Waals surface area contributed by atoms with Gasteiger partial charge in [-0.1, -0.05) is 0 Å². The second kappa shape index (κ2) is 9.00. The number of benzene rings is 1. The fourth-order valence-corrected chi connectivity index (χ4v) is 3.82. The van der Waals surface area contributed by atoms with Gasteiger partial charge in [-0.25, -0.2) is 8.42 Å². The van der Waals surface area contributed by atoms with Crippen LogP contribution in [0.15, 0.2) is 24.3 Å². The monoisotopic (exact) mass is 382 g/mol. The van der Waals surface area contributed by atoms with Crippen molar-refractivity contribution in [2.75, 3.05) is 48.7 Å². The first-order valence-corrected chi connectivity index (χ1v) is 10.3. The molecule has 0 saturated carbocycles. The minimum Gasteiger partial charge on any atom is -0.369 e. The highest BCUT2D eigenvalue weighted by Gasteiger charge is 2.25. The molecule has 1 heterocycles. The summed E-state index contributed by atoms with van der Waals surface area (Å²) in [4.78, 5) is 24.7. The van der Waals surface area contributed by atoms with E-state index >= 15 is 0 Å². The zero-order valence-corrected chi connectivity index (χ0v) is 16.0. The van der Waals surface area contributed by atoms with E-state index in [1.54, 1.807) is 6.92 Å². The Labute approximate surface area is 154 Å². The van der Waals surface area contributed by atoms with Crippen LogP contribution in [0.5, 0.6) is 0 Å². The summed E-state index contributed by atoms with van der Waals surface area (Å²) in [5, 5.41) is 5.36. The lowest BCUT2D eigenvalue weighted by molar-refractivity contribution is -0.119. The first kappa shape index (κ1) is 20.2. The first-order chi connectivity index (χ1) is 12.3. The first-order valence-electron chi connectivity index (χ1n) is 8.69. The standard InChI is InChI=1S/C17H26N4O4S/c1-3-26(24,25)21-12-10-20(11-13-21)16-6-4-15(5-7-16)19-17(23)8-9-18-14(2)22/h4-7H,3,8-13H2,1-2H3,(H,18,22)(H,19,23). The molecule has 0 spiro atoms. The maximum absolute atomic E-state index is 11.9. The van der Waals surface area contributed by atoms with Crippen LogP contribution >= 0.6 is 0 Å². The van der Waals surface area contributed by atoms with Crippen molar-refractivity contribution in [2.45, 2.75) is 20.3 Å². The van der Waals surface area contributed by atoms with E-state index in [4.69, 9.17) is 0 Å². The lowest BCUT2D eigenvalue weighted by atomic mass is 10.2. The number of rotatable bonds is 7. The summed E-state index contributed by atoms with van der Waals surface area (Å²) >= 11 is 0. The predicted molar refractivity (Wildman–Crippen MR) is 102 cm³/mol. The highest BCUT2D eigenvalue weighted by atomic mass is 32.2. The van der Waals surface area contributed by atoms with Gasteiger partial charge in [-0.2, -0.15) is 4.31 Å². The van der Waals surface area contributed by atoms with Crippen LogP contribution in [0.1, 0.15) is 20.3 Å². The number of amides is 2. The summed E-state index contributed by atoms with van der Waals surface area (Å²) in [6.07, 6.45) is 0.217. The van der Waals surface area contributed by atoms with Gasteiger partial charge in [0.15, 0.2) is 0 Å². The van der Waals surface area contributed by atoms with Crippen LogP contribution in [0.2, 0.25) is 0 Å². The molecule has 0 aromatic heterocycles. The Morgan fingerprint density at radius 2 is 1.69 bits per heavy atom. The Morgan fingerprint density at radius 3 is 2.23 bits per heavy atom. The molecule has 0 aliphatic carbocycles. The molecule has 9 heteroatoms. The van der Waals surface area contributed by atoms with Crippen LogP contribution < -0.4 is 15.5 Å². The number of anilines is 2. The molecule has 1 aromatic carbocycles. The van der Waals surface area contributed by atoms with Crippen LogP contribution in [0.4, 0.5) is 11.4 Å². The molecule has 1 aromatic rings. The van der Waals surface area contributed by atoms with Gasteiger partial charge in [-0.3, -0.25) is 9.59 Å². The molecular formula is C17H26N4O4S. The van der Waals surface area contributed by atoms with Crippen LogP contribution in [-0.2, 0) is 19.6 Å². The van der Waals surface area contributed by atoms with Crippen LogP contribution in [0, 0.1) is 0 Å². The number of nitrogens with zero attached hydrogens (tertiary/aromatic N) is 2. The fourth-order valence-electron chi connectivity index (χ4n) is 2.74. The number of sulfonamides is 1. The molecule has 1 saturated heterocycles. The molecule has 2 amide bonds. The lowest BCUT2D eigenvalue weighted by Gasteiger charge is -2.35. The van der Waals surface area contributed by atoms with Gasteiger partial charge in [0.25, 0.3) is 0 Å². The zero-order chi connectivity index (χ0) is 19.2. The Balaban J connectivity index is 1.84. The molecule has 2 rings (SSSR count). The molecule has 0 atom stereocenters. The van der Waals surface area contributed by atoms with Gasteiger partial charge in [0.2, 0.25) is 21.8 Å². The van der Waals surface area contributed by atoms with Gasteiger partial charge in [0.05, 0.1) is 5.75 Å². The van der Waals surface area contributed by atoms with Gasteiger partial charge >= 0.3 is 0 Å². The third-order valence-corrected chi connectivity index (χ3v) is 6.12. The van der Waals surface area contributed by atoms with Crippen molar-refractivity contribution >= 4 is 33.2 Å². The Morgan fingerprint density at radius 1 is 1.08 bits per heavy atom. The van der Waals surface area contributed by atoms with E-state index in [9.17, 15) is 18.0 Å². The molecule has 8 nitrogen and oxygen atoms in total. The van der Waals surface area contributed by atoms with Crippen LogP contribution in [0.25, 0.3) is 0 Å². The molecule has 144 valence electrons. The molecule has 1 fully saturated rings. The van der Waals surface area contributed by atoms with E-state index in [1.807, 2.05) is 24.3 Å². The molecule has 1 aliphatic rings. The zero-order valence-electron chi connectivity index (χ0n) is 15.2. The molecule has 1 aliphatic heterocycles. The number of carbonyl (C=O) groups excluding carboxylic acids is 2. The third kappa shape index (κ3) is 5.70. The molecule has 2 N–H and O–H groups in total. The quantitative estimate of drug-likeness (QED) is 0.720. The van der Waals surface area contributed by atoms with Crippen molar-refractivity contribution in [3.63, 3.8) is 0 Å². The number of hydrogen-bond donors (Lipinski definition) is 2. The van der Waals surface area contributed by atoms with Crippen molar-refractivity contribution in [3.05, 3.63) is 24.3 Å². The minimum absolute atomic E-state index is 0.128. The minimum atomic E-state index is -3.13. The molecule has 0 radical (unpaired) electrons. The smallest absolute Gasteiger partial charge is 0.226 e. The highest BCUT2D eigenvalue weighted by molar-refractivity contribution is 7.89. The number of carbonyl (C=O) groups is 2. The maximum Gasteiger partial charge on any atom is 0.226 e. The van der Waals surface area contributed by atoms with E-state index in [2.05, 4.69) is 15.5 Å².